The Hall–Kier alpha value is -2.07. The fraction of sp³-hybridized carbons (Fsp3) is 0.278. The maximum Gasteiger partial charge on any atom is 0.573 e. The lowest BCUT2D eigenvalue weighted by molar-refractivity contribution is -0.274. The lowest BCUT2D eigenvalue weighted by atomic mass is 9.98. The van der Waals surface area contributed by atoms with Gasteiger partial charge < -0.3 is 9.53 Å². The van der Waals surface area contributed by atoms with E-state index in [1.807, 2.05) is 0 Å². The second-order valence-corrected chi connectivity index (χ2v) is 7.12. The van der Waals surface area contributed by atoms with Crippen molar-refractivity contribution < 1.29 is 35.9 Å². The molecule has 0 aromatic heterocycles. The third kappa shape index (κ3) is 4.49. The highest BCUT2D eigenvalue weighted by atomic mass is 79.9. The van der Waals surface area contributed by atoms with Crippen LogP contribution in [0.25, 0.3) is 0 Å². The zero-order chi connectivity index (χ0) is 20.7. The number of hydrogen-bond donors (Lipinski definition) is 0. The van der Waals surface area contributed by atoms with Crippen molar-refractivity contribution in [3.63, 3.8) is 0 Å². The predicted octanol–water partition coefficient (Wildman–Crippen LogP) is 5.62. The first kappa shape index (κ1) is 20.7. The summed E-state index contributed by atoms with van der Waals surface area (Å²) in [6, 6.07) is 6.31. The number of nitrogens with zero attached hydrogens (tertiary/aromatic N) is 1. The zero-order valence-electron chi connectivity index (χ0n) is 13.9. The van der Waals surface area contributed by atoms with Crippen LogP contribution in [0.1, 0.15) is 28.3 Å². The molecule has 1 aliphatic rings. The summed E-state index contributed by atoms with van der Waals surface area (Å²) in [6.45, 7) is 0.182. The van der Waals surface area contributed by atoms with E-state index in [2.05, 4.69) is 20.7 Å². The topological polar surface area (TPSA) is 29.5 Å². The number of fused-ring (bicyclic) bond motifs is 1. The predicted molar refractivity (Wildman–Crippen MR) is 90.3 cm³/mol. The van der Waals surface area contributed by atoms with Crippen LogP contribution in [-0.2, 0) is 24.1 Å². The third-order valence-corrected chi connectivity index (χ3v) is 4.73. The Labute approximate surface area is 164 Å². The molecule has 0 saturated carbocycles. The van der Waals surface area contributed by atoms with Crippen molar-refractivity contribution in [2.45, 2.75) is 31.7 Å². The number of aldehydes is 1. The summed E-state index contributed by atoms with van der Waals surface area (Å²) >= 11 is 3.06. The Morgan fingerprint density at radius 2 is 1.75 bits per heavy atom. The molecule has 3 rings (SSSR count). The van der Waals surface area contributed by atoms with Crippen LogP contribution in [0.2, 0.25) is 0 Å². The van der Waals surface area contributed by atoms with Crippen LogP contribution in [0.5, 0.6) is 5.75 Å². The largest absolute Gasteiger partial charge is 0.573 e. The third-order valence-electron chi connectivity index (χ3n) is 4.27. The Kier molecular flexibility index (Phi) is 5.46. The summed E-state index contributed by atoms with van der Waals surface area (Å²) in [7, 11) is 0. The van der Waals surface area contributed by atoms with Crippen molar-refractivity contribution in [3.05, 3.63) is 63.1 Å². The molecule has 0 bridgehead atoms. The first-order valence-electron chi connectivity index (χ1n) is 7.91. The summed E-state index contributed by atoms with van der Waals surface area (Å²) in [5.41, 5.74) is -0.0780. The highest BCUT2D eigenvalue weighted by Gasteiger charge is 2.41. The number of carbonyl (C=O) groups excluding carboxylic acids is 1. The van der Waals surface area contributed by atoms with Crippen molar-refractivity contribution in [1.29, 1.82) is 0 Å². The van der Waals surface area contributed by atoms with E-state index >= 15 is 0 Å². The van der Waals surface area contributed by atoms with E-state index in [1.165, 1.54) is 23.1 Å². The van der Waals surface area contributed by atoms with Crippen LogP contribution in [0.3, 0.4) is 0 Å². The van der Waals surface area contributed by atoms with Gasteiger partial charge in [0.15, 0.2) is 0 Å². The van der Waals surface area contributed by atoms with Gasteiger partial charge in [0.25, 0.3) is 0 Å². The maximum atomic E-state index is 13.4. The van der Waals surface area contributed by atoms with E-state index in [-0.39, 0.29) is 23.1 Å². The van der Waals surface area contributed by atoms with E-state index in [9.17, 15) is 31.1 Å². The first-order chi connectivity index (χ1) is 13.0. The highest BCUT2D eigenvalue weighted by molar-refractivity contribution is 9.10. The van der Waals surface area contributed by atoms with Gasteiger partial charge in [0.2, 0.25) is 0 Å². The molecule has 3 nitrogen and oxygen atoms in total. The van der Waals surface area contributed by atoms with Crippen LogP contribution in [0.15, 0.2) is 40.9 Å². The SMILES string of the molecule is O=CC1c2c(cc(Br)cc2C(F)(F)F)CN1Cc1ccc(OC(F)(F)F)cc1. The number of carbonyl (C=O) groups is 1. The van der Waals surface area contributed by atoms with Gasteiger partial charge in [-0.05, 0) is 41.0 Å². The van der Waals surface area contributed by atoms with Crippen LogP contribution >= 0.6 is 15.9 Å². The number of benzene rings is 2. The van der Waals surface area contributed by atoms with Gasteiger partial charge in [-0.3, -0.25) is 4.90 Å². The summed E-state index contributed by atoms with van der Waals surface area (Å²) in [5.74, 6) is -0.406. The Morgan fingerprint density at radius 1 is 1.11 bits per heavy atom. The fourth-order valence-electron chi connectivity index (χ4n) is 3.23. The van der Waals surface area contributed by atoms with Crippen molar-refractivity contribution in [1.82, 2.24) is 4.90 Å². The lowest BCUT2D eigenvalue weighted by Gasteiger charge is -2.22. The Balaban J connectivity index is 1.85. The molecular formula is C18H12BrF6NO2. The Bertz CT molecular complexity index is 879. The molecule has 0 spiro atoms. The zero-order valence-corrected chi connectivity index (χ0v) is 15.5. The summed E-state index contributed by atoms with van der Waals surface area (Å²) in [5, 5.41) is 0. The standard InChI is InChI=1S/C18H12BrF6NO2/c19-12-5-11-8-26(15(9-27)16(11)14(6-12)17(20,21)22)7-10-1-3-13(4-2-10)28-18(23,24)25/h1-6,9,15H,7-8H2. The molecule has 0 saturated heterocycles. The summed E-state index contributed by atoms with van der Waals surface area (Å²) in [6.07, 6.45) is -9.00. The molecule has 0 aliphatic carbocycles. The molecule has 1 aliphatic heterocycles. The Morgan fingerprint density at radius 3 is 2.29 bits per heavy atom. The van der Waals surface area contributed by atoms with Gasteiger partial charge in [-0.1, -0.05) is 28.1 Å². The fourth-order valence-corrected chi connectivity index (χ4v) is 3.73. The average molecular weight is 468 g/mol. The molecular weight excluding hydrogens is 456 g/mol. The molecule has 150 valence electrons. The summed E-state index contributed by atoms with van der Waals surface area (Å²) < 4.78 is 80.9. The highest BCUT2D eigenvalue weighted by Crippen LogP contribution is 2.44. The molecule has 2 aromatic rings. The van der Waals surface area contributed by atoms with Gasteiger partial charge in [0.05, 0.1) is 11.6 Å². The molecule has 1 heterocycles. The van der Waals surface area contributed by atoms with Gasteiger partial charge in [-0.25, -0.2) is 0 Å². The smallest absolute Gasteiger partial charge is 0.406 e. The van der Waals surface area contributed by atoms with E-state index < -0.39 is 29.9 Å². The average Bonchev–Trinajstić information content (AvgIpc) is 2.90. The minimum Gasteiger partial charge on any atom is -0.406 e. The van der Waals surface area contributed by atoms with Crippen molar-refractivity contribution >= 4 is 22.2 Å². The second-order valence-electron chi connectivity index (χ2n) is 6.20. The number of hydrogen-bond acceptors (Lipinski definition) is 3. The van der Waals surface area contributed by atoms with Gasteiger partial charge in [-0.15, -0.1) is 13.2 Å². The van der Waals surface area contributed by atoms with E-state index in [0.29, 0.717) is 17.4 Å². The van der Waals surface area contributed by atoms with Crippen LogP contribution < -0.4 is 4.74 Å². The van der Waals surface area contributed by atoms with Gasteiger partial charge in [0, 0.05) is 17.6 Å². The van der Waals surface area contributed by atoms with E-state index in [4.69, 9.17) is 0 Å². The molecule has 1 unspecified atom stereocenters. The molecule has 0 amide bonds. The van der Waals surface area contributed by atoms with Gasteiger partial charge in [-0.2, -0.15) is 13.2 Å². The van der Waals surface area contributed by atoms with Gasteiger partial charge in [0.1, 0.15) is 12.0 Å². The number of ether oxygens (including phenoxy) is 1. The molecule has 0 radical (unpaired) electrons. The lowest BCUT2D eigenvalue weighted by Crippen LogP contribution is -2.24. The van der Waals surface area contributed by atoms with Crippen LogP contribution in [0, 0.1) is 0 Å². The van der Waals surface area contributed by atoms with Crippen molar-refractivity contribution in [2.75, 3.05) is 0 Å². The first-order valence-corrected chi connectivity index (χ1v) is 8.71. The minimum atomic E-state index is -4.82. The van der Waals surface area contributed by atoms with E-state index in [0.717, 1.165) is 18.2 Å². The molecule has 10 heteroatoms. The maximum absolute atomic E-state index is 13.4. The second kappa shape index (κ2) is 7.40. The number of rotatable bonds is 4. The van der Waals surface area contributed by atoms with Crippen LogP contribution in [-0.4, -0.2) is 17.5 Å². The van der Waals surface area contributed by atoms with Crippen LogP contribution in [0.4, 0.5) is 26.3 Å². The minimum absolute atomic E-state index is 0.0826. The molecule has 28 heavy (non-hydrogen) atoms. The number of alkyl halides is 6. The van der Waals surface area contributed by atoms with E-state index in [1.54, 1.807) is 0 Å². The van der Waals surface area contributed by atoms with Crippen molar-refractivity contribution in [3.8, 4) is 5.75 Å². The number of halogens is 7. The molecule has 2 aromatic carbocycles. The summed E-state index contributed by atoms with van der Waals surface area (Å²) in [4.78, 5) is 13.1. The monoisotopic (exact) mass is 467 g/mol. The van der Waals surface area contributed by atoms with Gasteiger partial charge >= 0.3 is 12.5 Å². The normalized spacial score (nSPS) is 17.5. The van der Waals surface area contributed by atoms with Crippen molar-refractivity contribution in [2.24, 2.45) is 0 Å². The quantitative estimate of drug-likeness (QED) is 0.431. The molecule has 0 fully saturated rings. The molecule has 0 N–H and O–H groups in total. The molecule has 1 atom stereocenters.